The van der Waals surface area contributed by atoms with E-state index in [-0.39, 0.29) is 23.5 Å². The summed E-state index contributed by atoms with van der Waals surface area (Å²) >= 11 is 1.93. The summed E-state index contributed by atoms with van der Waals surface area (Å²) in [4.78, 5) is 1.36. The molecule has 0 aliphatic rings. The Morgan fingerprint density at radius 3 is 1.68 bits per heavy atom. The van der Waals surface area contributed by atoms with Crippen molar-refractivity contribution < 1.29 is 23.5 Å². The molecule has 0 saturated carbocycles. The van der Waals surface area contributed by atoms with Gasteiger partial charge in [-0.25, -0.2) is 0 Å². The molecule has 0 fully saturated rings. The van der Waals surface area contributed by atoms with E-state index in [2.05, 4.69) is 61.5 Å². The summed E-state index contributed by atoms with van der Waals surface area (Å²) < 4.78 is 0. The monoisotopic (exact) mass is 342 g/mol. The smallest absolute Gasteiger partial charge is 0.00720 e. The Kier molecular flexibility index (Phi) is 20.6. The van der Waals surface area contributed by atoms with Crippen LogP contribution in [0, 0.1) is 0 Å². The van der Waals surface area contributed by atoms with Crippen molar-refractivity contribution >= 4 is 11.8 Å². The van der Waals surface area contributed by atoms with E-state index in [1.54, 1.807) is 0 Å². The van der Waals surface area contributed by atoms with Crippen molar-refractivity contribution in [2.75, 3.05) is 5.75 Å². The average Bonchev–Trinajstić information content (AvgIpc) is 2.41. The number of halogens is 5. The minimum Gasteiger partial charge on any atom is -0.269 e. The van der Waals surface area contributed by atoms with E-state index in [0.29, 0.717) is 0 Å². The van der Waals surface area contributed by atoms with Crippen LogP contribution in [0.25, 0.3) is 0 Å². The fourth-order valence-corrected chi connectivity index (χ4v) is 2.67. The molecule has 6 heteroatoms. The molecule has 2 aromatic carbocycles. The first-order valence-corrected chi connectivity index (χ1v) is 7.12. The second kappa shape index (κ2) is 15.8. The second-order valence-electron chi connectivity index (χ2n) is 4.08. The van der Waals surface area contributed by atoms with Crippen molar-refractivity contribution in [3.8, 4) is 0 Å². The number of benzene rings is 2. The van der Waals surface area contributed by atoms with E-state index in [4.69, 9.17) is 0 Å². The van der Waals surface area contributed by atoms with Crippen LogP contribution >= 0.6 is 11.8 Å². The van der Waals surface area contributed by atoms with Gasteiger partial charge < -0.3 is 0 Å². The molecule has 0 N–H and O–H groups in total. The molecule has 0 aliphatic carbocycles. The van der Waals surface area contributed by atoms with Gasteiger partial charge in [0.15, 0.2) is 0 Å². The Morgan fingerprint density at radius 1 is 0.682 bits per heavy atom. The summed E-state index contributed by atoms with van der Waals surface area (Å²) in [7, 11) is 0. The number of aryl methyl sites for hydroxylation is 2. The van der Waals surface area contributed by atoms with Crippen LogP contribution in [0.1, 0.15) is 18.1 Å². The zero-order valence-electron chi connectivity index (χ0n) is 12.3. The van der Waals surface area contributed by atoms with Gasteiger partial charge in [-0.05, 0) is 36.1 Å². The summed E-state index contributed by atoms with van der Waals surface area (Å²) in [5.74, 6) is 1.15. The van der Waals surface area contributed by atoms with Gasteiger partial charge in [-0.2, -0.15) is 0 Å². The quantitative estimate of drug-likeness (QED) is 0.522. The lowest BCUT2D eigenvalue weighted by Crippen LogP contribution is -1.89. The topological polar surface area (TPSA) is 0 Å². The minimum atomic E-state index is 0. The van der Waals surface area contributed by atoms with E-state index in [1.807, 2.05) is 11.8 Å². The number of rotatable bonds is 5. The van der Waals surface area contributed by atoms with Gasteiger partial charge in [-0.1, -0.05) is 49.4 Å². The third-order valence-electron chi connectivity index (χ3n) is 2.83. The molecule has 0 nitrogen and oxygen atoms in total. The van der Waals surface area contributed by atoms with Crippen LogP contribution in [-0.4, -0.2) is 5.75 Å². The second-order valence-corrected chi connectivity index (χ2v) is 5.25. The molecular formula is C16H23F5S. The Hall–Kier alpha value is -1.56. The molecule has 0 bridgehead atoms. The molecule has 0 atom stereocenters. The standard InChI is InChI=1S/C16H18S.5FH/c1-2-14-8-10-15(11-9-14)12-13-17-16-6-4-3-5-7-16;;;;;/h3-11H,2,12-13H2,1H3;5*1H. The SMILES string of the molecule is CCc1ccc(CCSc2ccccc2)cc1.F.F.F.F.F. The first kappa shape index (κ1) is 28.6. The molecule has 22 heavy (non-hydrogen) atoms. The van der Waals surface area contributed by atoms with Crippen LogP contribution in [0.4, 0.5) is 23.5 Å². The Bertz CT molecular complexity index is 448. The van der Waals surface area contributed by atoms with Crippen molar-refractivity contribution in [1.82, 2.24) is 0 Å². The Morgan fingerprint density at radius 2 is 1.18 bits per heavy atom. The Labute approximate surface area is 132 Å². The fourth-order valence-electron chi connectivity index (χ4n) is 1.75. The van der Waals surface area contributed by atoms with Crippen LogP contribution < -0.4 is 0 Å². The van der Waals surface area contributed by atoms with Gasteiger partial charge in [0.2, 0.25) is 0 Å². The molecule has 0 saturated heterocycles. The van der Waals surface area contributed by atoms with E-state index >= 15 is 0 Å². The predicted octanol–water partition coefficient (Wildman–Crippen LogP) is 5.35. The first-order chi connectivity index (χ1) is 8.38. The van der Waals surface area contributed by atoms with Crippen molar-refractivity contribution in [3.05, 3.63) is 65.7 Å². The lowest BCUT2D eigenvalue weighted by atomic mass is 10.1. The van der Waals surface area contributed by atoms with Crippen molar-refractivity contribution in [2.45, 2.75) is 24.7 Å². The van der Waals surface area contributed by atoms with Gasteiger partial charge in [0, 0.05) is 10.6 Å². The third kappa shape index (κ3) is 9.39. The lowest BCUT2D eigenvalue weighted by molar-refractivity contribution is 1.11. The van der Waals surface area contributed by atoms with Crippen LogP contribution in [0.2, 0.25) is 0 Å². The number of hydrogen-bond acceptors (Lipinski definition) is 1. The largest absolute Gasteiger partial charge is 0.269 e. The Balaban J connectivity index is -0.000000324. The highest BCUT2D eigenvalue weighted by molar-refractivity contribution is 7.99. The minimum absolute atomic E-state index is 0. The normalized spacial score (nSPS) is 8.05. The van der Waals surface area contributed by atoms with E-state index < -0.39 is 0 Å². The molecule has 2 rings (SSSR count). The highest BCUT2D eigenvalue weighted by Crippen LogP contribution is 2.18. The summed E-state index contributed by atoms with van der Waals surface area (Å²) in [5, 5.41) is 0. The number of hydrogen-bond donors (Lipinski definition) is 0. The highest BCUT2D eigenvalue weighted by atomic mass is 32.2. The molecule has 0 spiro atoms. The fraction of sp³-hybridized carbons (Fsp3) is 0.250. The van der Waals surface area contributed by atoms with Gasteiger partial charge in [0.1, 0.15) is 0 Å². The zero-order chi connectivity index (χ0) is 11.9. The van der Waals surface area contributed by atoms with Crippen molar-refractivity contribution in [2.24, 2.45) is 0 Å². The summed E-state index contributed by atoms with van der Waals surface area (Å²) in [6.45, 7) is 2.19. The zero-order valence-corrected chi connectivity index (χ0v) is 13.1. The maximum atomic E-state index is 2.25. The van der Waals surface area contributed by atoms with E-state index in [0.717, 1.165) is 18.6 Å². The van der Waals surface area contributed by atoms with Gasteiger partial charge in [0.05, 0.1) is 0 Å². The first-order valence-electron chi connectivity index (χ1n) is 6.14. The summed E-state index contributed by atoms with van der Waals surface area (Å²) in [6.07, 6.45) is 2.27. The van der Waals surface area contributed by atoms with Gasteiger partial charge in [-0.15, -0.1) is 11.8 Å². The highest BCUT2D eigenvalue weighted by Gasteiger charge is 1.96. The average molecular weight is 342 g/mol. The molecular weight excluding hydrogens is 319 g/mol. The van der Waals surface area contributed by atoms with Gasteiger partial charge >= 0.3 is 0 Å². The van der Waals surface area contributed by atoms with Gasteiger partial charge in [-0.3, -0.25) is 23.5 Å². The molecule has 2 aromatic rings. The molecule has 0 aromatic heterocycles. The molecule has 0 aliphatic heterocycles. The maximum absolute atomic E-state index is 2.25. The molecule has 0 heterocycles. The molecule has 0 radical (unpaired) electrons. The summed E-state index contributed by atoms with van der Waals surface area (Å²) in [5.41, 5.74) is 2.86. The van der Waals surface area contributed by atoms with Crippen molar-refractivity contribution in [1.29, 1.82) is 0 Å². The van der Waals surface area contributed by atoms with E-state index in [1.165, 1.54) is 16.0 Å². The predicted molar refractivity (Wildman–Crippen MR) is 89.2 cm³/mol. The molecule has 0 amide bonds. The lowest BCUT2D eigenvalue weighted by Gasteiger charge is -2.03. The van der Waals surface area contributed by atoms with Crippen molar-refractivity contribution in [3.63, 3.8) is 0 Å². The van der Waals surface area contributed by atoms with Crippen LogP contribution in [0.15, 0.2) is 59.5 Å². The van der Waals surface area contributed by atoms with Gasteiger partial charge in [0.25, 0.3) is 0 Å². The molecule has 128 valence electrons. The van der Waals surface area contributed by atoms with Crippen LogP contribution in [0.5, 0.6) is 0 Å². The molecule has 0 unspecified atom stereocenters. The van der Waals surface area contributed by atoms with E-state index in [9.17, 15) is 0 Å². The van der Waals surface area contributed by atoms with Crippen LogP contribution in [-0.2, 0) is 12.8 Å². The maximum Gasteiger partial charge on any atom is 0.00720 e. The number of thioether (sulfide) groups is 1. The van der Waals surface area contributed by atoms with Crippen LogP contribution in [0.3, 0.4) is 0 Å². The third-order valence-corrected chi connectivity index (χ3v) is 3.85. The summed E-state index contributed by atoms with van der Waals surface area (Å²) in [6, 6.07) is 19.6.